The van der Waals surface area contributed by atoms with Crippen LogP contribution in [0.15, 0.2) is 0 Å². The van der Waals surface area contributed by atoms with Gasteiger partial charge in [0.05, 0.1) is 0 Å². The Hall–Kier alpha value is -0.0800. The van der Waals surface area contributed by atoms with Gasteiger partial charge in [-0.1, -0.05) is 34.6 Å². The van der Waals surface area contributed by atoms with Crippen LogP contribution in [-0.4, -0.2) is 30.1 Å². The molecule has 2 N–H and O–H groups in total. The Morgan fingerprint density at radius 3 is 2.00 bits per heavy atom. The molecule has 0 bridgehead atoms. The van der Waals surface area contributed by atoms with Crippen LogP contribution in [0.5, 0.6) is 0 Å². The zero-order valence-corrected chi connectivity index (χ0v) is 12.5. The van der Waals surface area contributed by atoms with Gasteiger partial charge in [0, 0.05) is 25.2 Å². The second kappa shape index (κ2) is 6.19. The van der Waals surface area contributed by atoms with Crippen LogP contribution in [-0.2, 0) is 0 Å². The highest BCUT2D eigenvalue weighted by atomic mass is 15.2. The van der Waals surface area contributed by atoms with Crippen LogP contribution in [0.3, 0.4) is 0 Å². The summed E-state index contributed by atoms with van der Waals surface area (Å²) in [5.41, 5.74) is 6.44. The van der Waals surface area contributed by atoms with E-state index in [0.717, 1.165) is 24.3 Å². The molecular weight excluding hydrogens is 208 g/mol. The average molecular weight is 240 g/mol. The Bertz CT molecular complexity index is 215. The zero-order valence-electron chi connectivity index (χ0n) is 12.5. The fourth-order valence-corrected chi connectivity index (χ4v) is 3.31. The van der Waals surface area contributed by atoms with Crippen molar-refractivity contribution in [1.82, 2.24) is 4.90 Å². The van der Waals surface area contributed by atoms with Crippen molar-refractivity contribution in [3.8, 4) is 0 Å². The van der Waals surface area contributed by atoms with Gasteiger partial charge in [0.1, 0.15) is 0 Å². The van der Waals surface area contributed by atoms with Gasteiger partial charge in [0.25, 0.3) is 0 Å². The molecule has 17 heavy (non-hydrogen) atoms. The first kappa shape index (κ1) is 15.0. The molecule has 1 aliphatic rings. The lowest BCUT2D eigenvalue weighted by molar-refractivity contribution is 0.0696. The van der Waals surface area contributed by atoms with E-state index in [1.54, 1.807) is 0 Å². The second-order valence-electron chi connectivity index (χ2n) is 6.97. The van der Waals surface area contributed by atoms with E-state index in [2.05, 4.69) is 39.5 Å². The smallest absolute Gasteiger partial charge is 0.0334 e. The topological polar surface area (TPSA) is 29.3 Å². The molecule has 0 saturated heterocycles. The van der Waals surface area contributed by atoms with Gasteiger partial charge in [-0.05, 0) is 37.0 Å². The summed E-state index contributed by atoms with van der Waals surface area (Å²) in [6, 6.07) is 0. The molecule has 2 unspecified atom stereocenters. The minimum absolute atomic E-state index is 0.300. The summed E-state index contributed by atoms with van der Waals surface area (Å²) in [5, 5.41) is 0. The lowest BCUT2D eigenvalue weighted by Crippen LogP contribution is -2.54. The van der Waals surface area contributed by atoms with E-state index in [-0.39, 0.29) is 0 Å². The summed E-state index contributed by atoms with van der Waals surface area (Å²) in [6.07, 6.45) is 3.94. The van der Waals surface area contributed by atoms with Crippen molar-refractivity contribution < 1.29 is 0 Å². The molecule has 0 aromatic rings. The quantitative estimate of drug-likeness (QED) is 0.773. The normalized spacial score (nSPS) is 29.8. The van der Waals surface area contributed by atoms with Gasteiger partial charge >= 0.3 is 0 Å². The van der Waals surface area contributed by atoms with Gasteiger partial charge in [-0.15, -0.1) is 0 Å². The van der Waals surface area contributed by atoms with E-state index in [0.29, 0.717) is 5.54 Å². The highest BCUT2D eigenvalue weighted by Crippen LogP contribution is 2.39. The van der Waals surface area contributed by atoms with Crippen LogP contribution in [0.25, 0.3) is 0 Å². The van der Waals surface area contributed by atoms with Crippen LogP contribution >= 0.6 is 0 Å². The van der Waals surface area contributed by atoms with Gasteiger partial charge in [-0.3, -0.25) is 4.90 Å². The fraction of sp³-hybridized carbons (Fsp3) is 1.00. The van der Waals surface area contributed by atoms with Crippen molar-refractivity contribution in [2.24, 2.45) is 23.5 Å². The molecule has 2 nitrogen and oxygen atoms in total. The molecular formula is C15H32N2. The summed E-state index contributed by atoms with van der Waals surface area (Å²) in [7, 11) is 0. The number of nitrogens with zero attached hydrogens (tertiary/aromatic N) is 1. The van der Waals surface area contributed by atoms with Crippen LogP contribution < -0.4 is 5.73 Å². The number of hydrogen-bond donors (Lipinski definition) is 1. The summed E-state index contributed by atoms with van der Waals surface area (Å²) in [4.78, 5) is 2.70. The van der Waals surface area contributed by atoms with Gasteiger partial charge in [-0.2, -0.15) is 0 Å². The predicted molar refractivity (Wildman–Crippen MR) is 76.0 cm³/mol. The Labute approximate surface area is 108 Å². The van der Waals surface area contributed by atoms with Crippen molar-refractivity contribution in [2.45, 2.75) is 59.4 Å². The van der Waals surface area contributed by atoms with Crippen molar-refractivity contribution >= 4 is 0 Å². The van der Waals surface area contributed by atoms with Gasteiger partial charge < -0.3 is 5.73 Å². The molecule has 0 aliphatic heterocycles. The molecule has 1 fully saturated rings. The van der Waals surface area contributed by atoms with Crippen molar-refractivity contribution in [3.63, 3.8) is 0 Å². The van der Waals surface area contributed by atoms with Gasteiger partial charge in [0.15, 0.2) is 0 Å². The Balaban J connectivity index is 2.78. The largest absolute Gasteiger partial charge is 0.329 e. The SMILES string of the molecule is CC(C)CN(CC(C)C)C1(CN)CCC(C)C1. The molecule has 2 atom stereocenters. The lowest BCUT2D eigenvalue weighted by Gasteiger charge is -2.43. The standard InChI is InChI=1S/C15H32N2/c1-12(2)9-17(10-13(3)4)15(11-16)7-6-14(5)8-15/h12-14H,6-11,16H2,1-5H3. The maximum Gasteiger partial charge on any atom is 0.0334 e. The molecule has 1 aliphatic carbocycles. The number of hydrogen-bond acceptors (Lipinski definition) is 2. The number of nitrogens with two attached hydrogens (primary N) is 1. The first-order valence-electron chi connectivity index (χ1n) is 7.34. The third-order valence-corrected chi connectivity index (χ3v) is 4.05. The Morgan fingerprint density at radius 1 is 1.18 bits per heavy atom. The number of rotatable bonds is 6. The molecule has 102 valence electrons. The van der Waals surface area contributed by atoms with E-state index in [9.17, 15) is 0 Å². The molecule has 0 aromatic carbocycles. The lowest BCUT2D eigenvalue weighted by atomic mass is 9.91. The highest BCUT2D eigenvalue weighted by molar-refractivity contribution is 4.98. The fourth-order valence-electron chi connectivity index (χ4n) is 3.31. The van der Waals surface area contributed by atoms with E-state index in [4.69, 9.17) is 5.73 Å². The van der Waals surface area contributed by atoms with Crippen LogP contribution in [0.1, 0.15) is 53.9 Å². The molecule has 1 rings (SSSR count). The van der Waals surface area contributed by atoms with Crippen LogP contribution in [0.4, 0.5) is 0 Å². The molecule has 0 heterocycles. The molecule has 0 amide bonds. The summed E-state index contributed by atoms with van der Waals surface area (Å²) >= 11 is 0. The van der Waals surface area contributed by atoms with Crippen LogP contribution in [0.2, 0.25) is 0 Å². The second-order valence-corrected chi connectivity index (χ2v) is 6.97. The van der Waals surface area contributed by atoms with Gasteiger partial charge in [0.2, 0.25) is 0 Å². The minimum Gasteiger partial charge on any atom is -0.329 e. The molecule has 0 spiro atoms. The first-order chi connectivity index (χ1) is 7.89. The van der Waals surface area contributed by atoms with E-state index in [1.807, 2.05) is 0 Å². The van der Waals surface area contributed by atoms with Crippen LogP contribution in [0, 0.1) is 17.8 Å². The van der Waals surface area contributed by atoms with Crippen molar-refractivity contribution in [1.29, 1.82) is 0 Å². The van der Waals surface area contributed by atoms with Gasteiger partial charge in [-0.25, -0.2) is 0 Å². The molecule has 0 aromatic heterocycles. The minimum atomic E-state index is 0.300. The summed E-state index contributed by atoms with van der Waals surface area (Å²) < 4.78 is 0. The Kier molecular flexibility index (Phi) is 5.46. The highest BCUT2D eigenvalue weighted by Gasteiger charge is 2.41. The molecule has 0 radical (unpaired) electrons. The summed E-state index contributed by atoms with van der Waals surface area (Å²) in [6.45, 7) is 14.9. The molecule has 1 saturated carbocycles. The van der Waals surface area contributed by atoms with E-state index < -0.39 is 0 Å². The average Bonchev–Trinajstić information content (AvgIpc) is 2.59. The zero-order chi connectivity index (χ0) is 13.1. The Morgan fingerprint density at radius 2 is 1.71 bits per heavy atom. The summed E-state index contributed by atoms with van der Waals surface area (Å²) in [5.74, 6) is 2.31. The monoisotopic (exact) mass is 240 g/mol. The molecule has 2 heteroatoms. The van der Waals surface area contributed by atoms with Crippen molar-refractivity contribution in [2.75, 3.05) is 19.6 Å². The maximum absolute atomic E-state index is 6.14. The maximum atomic E-state index is 6.14. The third-order valence-electron chi connectivity index (χ3n) is 4.05. The van der Waals surface area contributed by atoms with E-state index in [1.165, 1.54) is 32.4 Å². The van der Waals surface area contributed by atoms with Crippen molar-refractivity contribution in [3.05, 3.63) is 0 Å². The predicted octanol–water partition coefficient (Wildman–Crippen LogP) is 3.12. The third kappa shape index (κ3) is 3.96. The first-order valence-corrected chi connectivity index (χ1v) is 7.34. The van der Waals surface area contributed by atoms with E-state index >= 15 is 0 Å².